The standard InChI is InChI=1S/C21H23F3N2O/c1-16-5-2-3-7-18(16)14-20(27)26-11-9-25(10-12-26)15-17-6-4-8-19(13-17)21(22,23)24/h2-8,13H,9-12,14-15H2,1H3. The van der Waals surface area contributed by atoms with Crippen LogP contribution in [0.15, 0.2) is 48.5 Å². The number of rotatable bonds is 4. The monoisotopic (exact) mass is 376 g/mol. The SMILES string of the molecule is Cc1ccccc1CC(=O)N1CCN(Cc2cccc(C(F)(F)F)c2)CC1. The minimum Gasteiger partial charge on any atom is -0.340 e. The molecule has 0 unspecified atom stereocenters. The molecule has 0 aromatic heterocycles. The summed E-state index contributed by atoms with van der Waals surface area (Å²) >= 11 is 0. The smallest absolute Gasteiger partial charge is 0.340 e. The zero-order chi connectivity index (χ0) is 19.4. The number of carbonyl (C=O) groups is 1. The summed E-state index contributed by atoms with van der Waals surface area (Å²) in [5, 5.41) is 0. The Morgan fingerprint density at radius 2 is 1.70 bits per heavy atom. The molecule has 1 aliphatic heterocycles. The number of alkyl halides is 3. The lowest BCUT2D eigenvalue weighted by Crippen LogP contribution is -2.48. The van der Waals surface area contributed by atoms with Gasteiger partial charge < -0.3 is 4.90 Å². The molecular formula is C21H23F3N2O. The van der Waals surface area contributed by atoms with E-state index in [2.05, 4.69) is 4.90 Å². The van der Waals surface area contributed by atoms with Gasteiger partial charge in [0, 0.05) is 32.7 Å². The van der Waals surface area contributed by atoms with E-state index in [1.54, 1.807) is 6.07 Å². The van der Waals surface area contributed by atoms with Crippen molar-refractivity contribution in [3.63, 3.8) is 0 Å². The summed E-state index contributed by atoms with van der Waals surface area (Å²) < 4.78 is 38.5. The lowest BCUT2D eigenvalue weighted by Gasteiger charge is -2.35. The van der Waals surface area contributed by atoms with Gasteiger partial charge in [0.05, 0.1) is 12.0 Å². The molecule has 0 bridgehead atoms. The molecule has 0 radical (unpaired) electrons. The topological polar surface area (TPSA) is 23.6 Å². The highest BCUT2D eigenvalue weighted by Crippen LogP contribution is 2.29. The number of benzene rings is 2. The summed E-state index contributed by atoms with van der Waals surface area (Å²) in [5.74, 6) is 0.100. The number of halogens is 3. The lowest BCUT2D eigenvalue weighted by molar-refractivity contribution is -0.137. The Morgan fingerprint density at radius 1 is 1.00 bits per heavy atom. The van der Waals surface area contributed by atoms with Gasteiger partial charge in [-0.05, 0) is 29.7 Å². The van der Waals surface area contributed by atoms with Crippen LogP contribution in [-0.4, -0.2) is 41.9 Å². The van der Waals surface area contributed by atoms with E-state index in [1.165, 1.54) is 12.1 Å². The number of hydrogen-bond acceptors (Lipinski definition) is 2. The van der Waals surface area contributed by atoms with Gasteiger partial charge in [-0.25, -0.2) is 0 Å². The molecule has 1 aliphatic rings. The van der Waals surface area contributed by atoms with Gasteiger partial charge in [-0.15, -0.1) is 0 Å². The van der Waals surface area contributed by atoms with Crippen LogP contribution in [0, 0.1) is 6.92 Å². The molecule has 1 amide bonds. The largest absolute Gasteiger partial charge is 0.416 e. The third-order valence-electron chi connectivity index (χ3n) is 4.99. The first-order chi connectivity index (χ1) is 12.8. The van der Waals surface area contributed by atoms with Crippen LogP contribution >= 0.6 is 0 Å². The molecular weight excluding hydrogens is 353 g/mol. The minimum atomic E-state index is -4.32. The first-order valence-corrected chi connectivity index (χ1v) is 9.04. The Hall–Kier alpha value is -2.34. The Morgan fingerprint density at radius 3 is 2.37 bits per heavy atom. The zero-order valence-corrected chi connectivity index (χ0v) is 15.3. The Balaban J connectivity index is 1.53. The van der Waals surface area contributed by atoms with Crippen LogP contribution < -0.4 is 0 Å². The number of carbonyl (C=O) groups excluding carboxylic acids is 1. The molecule has 1 saturated heterocycles. The van der Waals surface area contributed by atoms with Gasteiger partial charge in [0.1, 0.15) is 0 Å². The van der Waals surface area contributed by atoms with Crippen LogP contribution in [0.4, 0.5) is 13.2 Å². The predicted molar refractivity (Wildman–Crippen MR) is 98.2 cm³/mol. The minimum absolute atomic E-state index is 0.100. The molecule has 0 saturated carbocycles. The van der Waals surface area contributed by atoms with Gasteiger partial charge in [-0.1, -0.05) is 42.5 Å². The fourth-order valence-corrected chi connectivity index (χ4v) is 3.34. The van der Waals surface area contributed by atoms with E-state index < -0.39 is 11.7 Å². The van der Waals surface area contributed by atoms with E-state index in [0.717, 1.165) is 17.2 Å². The fraction of sp³-hybridized carbons (Fsp3) is 0.381. The molecule has 2 aromatic carbocycles. The van der Waals surface area contributed by atoms with Gasteiger partial charge >= 0.3 is 6.18 Å². The number of nitrogens with zero attached hydrogens (tertiary/aromatic N) is 2. The number of aryl methyl sites for hydroxylation is 1. The van der Waals surface area contributed by atoms with E-state index in [9.17, 15) is 18.0 Å². The van der Waals surface area contributed by atoms with Gasteiger partial charge in [-0.2, -0.15) is 13.2 Å². The summed E-state index contributed by atoms with van der Waals surface area (Å²) in [5.41, 5.74) is 2.17. The van der Waals surface area contributed by atoms with E-state index in [1.807, 2.05) is 36.1 Å². The van der Waals surface area contributed by atoms with Crippen LogP contribution in [0.5, 0.6) is 0 Å². The molecule has 27 heavy (non-hydrogen) atoms. The normalized spacial score (nSPS) is 15.8. The molecule has 3 rings (SSSR count). The maximum absolute atomic E-state index is 12.8. The van der Waals surface area contributed by atoms with E-state index in [4.69, 9.17) is 0 Å². The number of amides is 1. The average molecular weight is 376 g/mol. The predicted octanol–water partition coefficient (Wildman–Crippen LogP) is 3.90. The molecule has 3 nitrogen and oxygen atoms in total. The molecule has 0 atom stereocenters. The van der Waals surface area contributed by atoms with Crippen molar-refractivity contribution in [2.24, 2.45) is 0 Å². The second kappa shape index (κ2) is 8.13. The van der Waals surface area contributed by atoms with E-state index in [-0.39, 0.29) is 5.91 Å². The van der Waals surface area contributed by atoms with E-state index in [0.29, 0.717) is 44.7 Å². The number of piperazine rings is 1. The van der Waals surface area contributed by atoms with Gasteiger partial charge in [0.2, 0.25) is 5.91 Å². The molecule has 0 spiro atoms. The first-order valence-electron chi connectivity index (χ1n) is 9.04. The maximum atomic E-state index is 12.8. The highest BCUT2D eigenvalue weighted by Gasteiger charge is 2.30. The van der Waals surface area contributed by atoms with Gasteiger partial charge in [0.25, 0.3) is 0 Å². The van der Waals surface area contributed by atoms with Gasteiger partial charge in [-0.3, -0.25) is 9.69 Å². The van der Waals surface area contributed by atoms with Crippen molar-refractivity contribution in [2.45, 2.75) is 26.1 Å². The molecule has 2 aromatic rings. The second-order valence-corrected chi connectivity index (χ2v) is 6.96. The summed E-state index contributed by atoms with van der Waals surface area (Å²) in [6.07, 6.45) is -3.93. The maximum Gasteiger partial charge on any atom is 0.416 e. The second-order valence-electron chi connectivity index (χ2n) is 6.96. The van der Waals surface area contributed by atoms with Crippen LogP contribution in [-0.2, 0) is 23.9 Å². The van der Waals surface area contributed by atoms with Crippen molar-refractivity contribution in [3.05, 3.63) is 70.8 Å². The molecule has 1 heterocycles. The summed E-state index contributed by atoms with van der Waals surface area (Å²) in [6, 6.07) is 13.3. The van der Waals surface area contributed by atoms with Crippen molar-refractivity contribution in [1.29, 1.82) is 0 Å². The fourth-order valence-electron chi connectivity index (χ4n) is 3.34. The third-order valence-corrected chi connectivity index (χ3v) is 4.99. The van der Waals surface area contributed by atoms with Crippen LogP contribution in [0.2, 0.25) is 0 Å². The molecule has 1 fully saturated rings. The summed E-state index contributed by atoms with van der Waals surface area (Å²) in [6.45, 7) is 4.98. The van der Waals surface area contributed by atoms with Crippen molar-refractivity contribution in [3.8, 4) is 0 Å². The summed E-state index contributed by atoms with van der Waals surface area (Å²) in [7, 11) is 0. The summed E-state index contributed by atoms with van der Waals surface area (Å²) in [4.78, 5) is 16.5. The first kappa shape index (κ1) is 19.4. The molecule has 0 aliphatic carbocycles. The van der Waals surface area contributed by atoms with Crippen LogP contribution in [0.1, 0.15) is 22.3 Å². The zero-order valence-electron chi connectivity index (χ0n) is 15.3. The Bertz CT molecular complexity index is 796. The van der Waals surface area contributed by atoms with Crippen molar-refractivity contribution >= 4 is 5.91 Å². The lowest BCUT2D eigenvalue weighted by atomic mass is 10.1. The van der Waals surface area contributed by atoms with Crippen LogP contribution in [0.25, 0.3) is 0 Å². The van der Waals surface area contributed by atoms with Crippen molar-refractivity contribution < 1.29 is 18.0 Å². The Labute approximate surface area is 157 Å². The highest BCUT2D eigenvalue weighted by molar-refractivity contribution is 5.79. The van der Waals surface area contributed by atoms with E-state index >= 15 is 0 Å². The van der Waals surface area contributed by atoms with Gasteiger partial charge in [0.15, 0.2) is 0 Å². The highest BCUT2D eigenvalue weighted by atomic mass is 19.4. The number of hydrogen-bond donors (Lipinski definition) is 0. The van der Waals surface area contributed by atoms with Crippen LogP contribution in [0.3, 0.4) is 0 Å². The Kier molecular flexibility index (Phi) is 5.85. The molecule has 6 heteroatoms. The average Bonchev–Trinajstić information content (AvgIpc) is 2.64. The molecule has 144 valence electrons. The third kappa shape index (κ3) is 5.10. The molecule has 0 N–H and O–H groups in total. The van der Waals surface area contributed by atoms with Crippen molar-refractivity contribution in [1.82, 2.24) is 9.80 Å². The quantitative estimate of drug-likeness (QED) is 0.808. The van der Waals surface area contributed by atoms with Crippen molar-refractivity contribution in [2.75, 3.05) is 26.2 Å².